The quantitative estimate of drug-likeness (QED) is 0.562. The number of phenols is 1. The minimum atomic E-state index is -0.705. The molecule has 0 saturated heterocycles. The van der Waals surface area contributed by atoms with E-state index in [4.69, 9.17) is 21.1 Å². The van der Waals surface area contributed by atoms with Gasteiger partial charge in [-0.05, 0) is 55.3 Å². The Morgan fingerprint density at radius 2 is 2.00 bits per heavy atom. The van der Waals surface area contributed by atoms with Crippen molar-refractivity contribution in [1.29, 1.82) is 0 Å². The van der Waals surface area contributed by atoms with Gasteiger partial charge < -0.3 is 14.6 Å². The molecule has 1 N–H and O–H groups in total. The summed E-state index contributed by atoms with van der Waals surface area (Å²) in [6, 6.07) is 11.2. The lowest BCUT2D eigenvalue weighted by Crippen LogP contribution is -2.39. The average molecular weight is 485 g/mol. The van der Waals surface area contributed by atoms with Crippen LogP contribution < -0.4 is 19.6 Å². The second-order valence-electron chi connectivity index (χ2n) is 7.29. The van der Waals surface area contributed by atoms with Crippen LogP contribution in [0.5, 0.6) is 11.5 Å². The summed E-state index contributed by atoms with van der Waals surface area (Å²) in [7, 11) is 1.47. The highest BCUT2D eigenvalue weighted by atomic mass is 35.5. The minimum Gasteiger partial charge on any atom is -0.504 e. The van der Waals surface area contributed by atoms with E-state index in [0.29, 0.717) is 42.5 Å². The summed E-state index contributed by atoms with van der Waals surface area (Å²) in [5, 5.41) is 10.6. The van der Waals surface area contributed by atoms with Crippen LogP contribution in [-0.4, -0.2) is 29.4 Å². The van der Waals surface area contributed by atoms with Crippen LogP contribution in [-0.2, 0) is 9.53 Å². The van der Waals surface area contributed by atoms with Gasteiger partial charge in [0.2, 0.25) is 0 Å². The van der Waals surface area contributed by atoms with E-state index in [9.17, 15) is 14.7 Å². The number of ether oxygens (including phenoxy) is 2. The number of thiazole rings is 1. The molecule has 1 aliphatic heterocycles. The largest absolute Gasteiger partial charge is 0.504 e. The van der Waals surface area contributed by atoms with Gasteiger partial charge >= 0.3 is 5.97 Å². The molecule has 1 atom stereocenters. The van der Waals surface area contributed by atoms with Gasteiger partial charge in [-0.25, -0.2) is 9.79 Å². The maximum absolute atomic E-state index is 13.5. The van der Waals surface area contributed by atoms with Crippen LogP contribution in [0, 0.1) is 0 Å². The number of rotatable bonds is 5. The van der Waals surface area contributed by atoms with Crippen LogP contribution in [0.15, 0.2) is 63.5 Å². The molecule has 0 amide bonds. The molecule has 1 unspecified atom stereocenters. The van der Waals surface area contributed by atoms with Gasteiger partial charge in [0.05, 0.1) is 35.6 Å². The summed E-state index contributed by atoms with van der Waals surface area (Å²) in [5.41, 5.74) is 1.83. The van der Waals surface area contributed by atoms with E-state index in [1.807, 2.05) is 0 Å². The van der Waals surface area contributed by atoms with Crippen LogP contribution in [0.2, 0.25) is 5.02 Å². The second kappa shape index (κ2) is 9.25. The highest BCUT2D eigenvalue weighted by molar-refractivity contribution is 7.07. The number of halogens is 1. The predicted molar refractivity (Wildman–Crippen MR) is 127 cm³/mol. The topological polar surface area (TPSA) is 90.1 Å². The zero-order valence-electron chi connectivity index (χ0n) is 18.2. The van der Waals surface area contributed by atoms with Crippen LogP contribution in [0.3, 0.4) is 0 Å². The van der Waals surface area contributed by atoms with Crippen molar-refractivity contribution < 1.29 is 19.4 Å². The van der Waals surface area contributed by atoms with Crippen LogP contribution in [0.25, 0.3) is 6.08 Å². The Balaban J connectivity index is 1.93. The molecule has 0 saturated carbocycles. The molecule has 1 aromatic heterocycles. The van der Waals surface area contributed by atoms with E-state index in [-0.39, 0.29) is 17.9 Å². The Labute approximate surface area is 198 Å². The van der Waals surface area contributed by atoms with Gasteiger partial charge in [-0.3, -0.25) is 9.36 Å². The van der Waals surface area contributed by atoms with Crippen molar-refractivity contribution in [1.82, 2.24) is 4.57 Å². The third-order valence-electron chi connectivity index (χ3n) is 5.20. The SMILES string of the molecule is CCOC(=O)C1=C(C)N=c2s/c(=C/c3ccc(OC)c(O)c3)c(=O)n2C1c1ccc(Cl)cc1. The molecule has 2 aromatic carbocycles. The number of nitrogens with zero attached hydrogens (tertiary/aromatic N) is 2. The molecule has 0 fully saturated rings. The van der Waals surface area contributed by atoms with Gasteiger partial charge in [0.1, 0.15) is 0 Å². The minimum absolute atomic E-state index is 0.0292. The smallest absolute Gasteiger partial charge is 0.338 e. The van der Waals surface area contributed by atoms with Crippen molar-refractivity contribution in [2.24, 2.45) is 4.99 Å². The number of carbonyl (C=O) groups is 1. The molecule has 170 valence electrons. The number of phenolic OH excluding ortho intramolecular Hbond substituents is 1. The first-order chi connectivity index (χ1) is 15.8. The maximum Gasteiger partial charge on any atom is 0.338 e. The fourth-order valence-corrected chi connectivity index (χ4v) is 4.87. The van der Waals surface area contributed by atoms with Crippen molar-refractivity contribution in [3.05, 3.63) is 89.6 Å². The van der Waals surface area contributed by atoms with Gasteiger partial charge in [0, 0.05) is 5.02 Å². The van der Waals surface area contributed by atoms with Crippen molar-refractivity contribution in [2.45, 2.75) is 19.9 Å². The summed E-state index contributed by atoms with van der Waals surface area (Å²) in [4.78, 5) is 31.4. The Morgan fingerprint density at radius 3 is 2.64 bits per heavy atom. The van der Waals surface area contributed by atoms with Gasteiger partial charge in [0.25, 0.3) is 5.56 Å². The first-order valence-electron chi connectivity index (χ1n) is 10.2. The molecule has 7 nitrogen and oxygen atoms in total. The highest BCUT2D eigenvalue weighted by Gasteiger charge is 2.33. The van der Waals surface area contributed by atoms with E-state index >= 15 is 0 Å². The molecule has 0 radical (unpaired) electrons. The Bertz CT molecular complexity index is 1440. The summed E-state index contributed by atoms with van der Waals surface area (Å²) in [6.45, 7) is 3.66. The number of hydrogen-bond donors (Lipinski definition) is 1. The van der Waals surface area contributed by atoms with E-state index in [1.54, 1.807) is 56.3 Å². The van der Waals surface area contributed by atoms with E-state index in [1.165, 1.54) is 29.1 Å². The van der Waals surface area contributed by atoms with Crippen LogP contribution >= 0.6 is 22.9 Å². The number of hydrogen-bond acceptors (Lipinski definition) is 7. The monoisotopic (exact) mass is 484 g/mol. The zero-order chi connectivity index (χ0) is 23.7. The Hall–Kier alpha value is -3.36. The maximum atomic E-state index is 13.5. The number of benzene rings is 2. The Kier molecular flexibility index (Phi) is 6.40. The molecule has 4 rings (SSSR count). The summed E-state index contributed by atoms with van der Waals surface area (Å²) in [6.07, 6.45) is 1.67. The Morgan fingerprint density at radius 1 is 1.27 bits per heavy atom. The predicted octanol–water partition coefficient (Wildman–Crippen LogP) is 3.17. The number of carbonyl (C=O) groups excluding carboxylic acids is 1. The second-order valence-corrected chi connectivity index (χ2v) is 8.73. The number of aromatic hydroxyl groups is 1. The molecular weight excluding hydrogens is 464 g/mol. The molecule has 3 aromatic rings. The molecular formula is C24H21ClN2O5S. The summed E-state index contributed by atoms with van der Waals surface area (Å²) >= 11 is 7.27. The highest BCUT2D eigenvalue weighted by Crippen LogP contribution is 2.31. The molecule has 0 bridgehead atoms. The zero-order valence-corrected chi connectivity index (χ0v) is 19.7. The van der Waals surface area contributed by atoms with Crippen molar-refractivity contribution in [3.63, 3.8) is 0 Å². The number of esters is 1. The van der Waals surface area contributed by atoms with Crippen molar-refractivity contribution in [2.75, 3.05) is 13.7 Å². The van der Waals surface area contributed by atoms with E-state index < -0.39 is 12.0 Å². The fraction of sp³-hybridized carbons (Fsp3) is 0.208. The molecule has 9 heteroatoms. The fourth-order valence-electron chi connectivity index (χ4n) is 3.70. The molecule has 0 aliphatic carbocycles. The normalized spacial score (nSPS) is 15.8. The van der Waals surface area contributed by atoms with E-state index in [0.717, 1.165) is 0 Å². The molecule has 1 aliphatic rings. The lowest BCUT2D eigenvalue weighted by molar-refractivity contribution is -0.139. The van der Waals surface area contributed by atoms with E-state index in [2.05, 4.69) is 4.99 Å². The van der Waals surface area contributed by atoms with Gasteiger partial charge in [-0.2, -0.15) is 0 Å². The van der Waals surface area contributed by atoms with Gasteiger partial charge in [-0.15, -0.1) is 0 Å². The third-order valence-corrected chi connectivity index (χ3v) is 6.44. The third kappa shape index (κ3) is 4.31. The summed E-state index contributed by atoms with van der Waals surface area (Å²) < 4.78 is 12.3. The average Bonchev–Trinajstić information content (AvgIpc) is 3.08. The van der Waals surface area contributed by atoms with Crippen LogP contribution in [0.1, 0.15) is 31.0 Å². The first-order valence-corrected chi connectivity index (χ1v) is 11.4. The van der Waals surface area contributed by atoms with Crippen molar-refractivity contribution in [3.8, 4) is 11.5 Å². The number of methoxy groups -OCH3 is 1. The number of aromatic nitrogens is 1. The standard InChI is InChI=1S/C24H21ClN2O5S/c1-4-32-23(30)20-13(2)26-24-27(21(20)15-6-8-16(25)9-7-15)22(29)19(33-24)12-14-5-10-18(31-3)17(28)11-14/h5-12,21,28H,4H2,1-3H3/b19-12+. The molecule has 33 heavy (non-hydrogen) atoms. The number of fused-ring (bicyclic) bond motifs is 1. The molecule has 2 heterocycles. The van der Waals surface area contributed by atoms with Crippen molar-refractivity contribution >= 4 is 35.0 Å². The number of allylic oxidation sites excluding steroid dienone is 1. The summed E-state index contributed by atoms with van der Waals surface area (Å²) in [5.74, 6) is -0.211. The lowest BCUT2D eigenvalue weighted by atomic mass is 9.96. The van der Waals surface area contributed by atoms with Gasteiger partial charge in [-0.1, -0.05) is 41.1 Å². The first kappa shape index (κ1) is 22.8. The van der Waals surface area contributed by atoms with Crippen LogP contribution in [0.4, 0.5) is 0 Å². The molecule has 0 spiro atoms. The van der Waals surface area contributed by atoms with Gasteiger partial charge in [0.15, 0.2) is 16.3 Å². The lowest BCUT2D eigenvalue weighted by Gasteiger charge is -2.24.